The molecule has 11 heavy (non-hydrogen) atoms. The van der Waals surface area contributed by atoms with Crippen molar-refractivity contribution in [1.82, 2.24) is 20.0 Å². The first-order valence-corrected chi connectivity index (χ1v) is 3.39. The molecule has 4 nitrogen and oxygen atoms in total. The lowest BCUT2D eigenvalue weighted by Gasteiger charge is -1.88. The normalized spacial score (nSPS) is 10.7. The van der Waals surface area contributed by atoms with E-state index in [-0.39, 0.29) is 0 Å². The molecule has 2 heterocycles. The summed E-state index contributed by atoms with van der Waals surface area (Å²) in [4.78, 5) is 0. The molecule has 0 aliphatic rings. The summed E-state index contributed by atoms with van der Waals surface area (Å²) in [5.41, 5.74) is 2.02. The highest BCUT2D eigenvalue weighted by Gasteiger charge is 2.02. The Balaban J connectivity index is 2.95. The molecule has 0 N–H and O–H groups in total. The van der Waals surface area contributed by atoms with Crippen LogP contribution in [0.2, 0.25) is 0 Å². The Hall–Kier alpha value is -1.45. The minimum atomic E-state index is 0.998. The van der Waals surface area contributed by atoms with Gasteiger partial charge in [-0.05, 0) is 6.92 Å². The highest BCUT2D eigenvalue weighted by Crippen LogP contribution is 2.12. The average molecular weight is 148 g/mol. The molecular weight excluding hydrogens is 140 g/mol. The molecule has 0 aliphatic heterocycles. The summed E-state index contributed by atoms with van der Waals surface area (Å²) in [6.07, 6.45) is 3.45. The van der Waals surface area contributed by atoms with Gasteiger partial charge in [0.25, 0.3) is 0 Å². The highest BCUT2D eigenvalue weighted by atomic mass is 15.3. The van der Waals surface area contributed by atoms with Crippen LogP contribution in [0.25, 0.3) is 10.9 Å². The van der Waals surface area contributed by atoms with Crippen molar-refractivity contribution in [2.75, 3.05) is 0 Å². The first-order chi connectivity index (χ1) is 5.29. The molecule has 0 aromatic carbocycles. The lowest BCUT2D eigenvalue weighted by Crippen LogP contribution is -1.89. The lowest BCUT2D eigenvalue weighted by molar-refractivity contribution is 0.781. The smallest absolute Gasteiger partial charge is 0.0899 e. The molecule has 0 saturated heterocycles. The van der Waals surface area contributed by atoms with Gasteiger partial charge < -0.3 is 0 Å². The molecule has 0 bridgehead atoms. The number of fused-ring (bicyclic) bond motifs is 1. The number of aryl methyl sites for hydroxylation is 2. The van der Waals surface area contributed by atoms with Gasteiger partial charge in [-0.1, -0.05) is 0 Å². The van der Waals surface area contributed by atoms with Gasteiger partial charge in [-0.25, -0.2) is 0 Å². The fourth-order valence-electron chi connectivity index (χ4n) is 1.18. The Morgan fingerprint density at radius 1 is 1.27 bits per heavy atom. The third-order valence-corrected chi connectivity index (χ3v) is 1.75. The van der Waals surface area contributed by atoms with Crippen molar-refractivity contribution >= 4 is 10.9 Å². The average Bonchev–Trinajstić information content (AvgIpc) is 2.30. The molecule has 0 aliphatic carbocycles. The Bertz CT molecular complexity index is 354. The second kappa shape index (κ2) is 2.02. The molecule has 0 saturated carbocycles. The summed E-state index contributed by atoms with van der Waals surface area (Å²) < 4.78 is 1.80. The molecule has 0 radical (unpaired) electrons. The van der Waals surface area contributed by atoms with E-state index >= 15 is 0 Å². The summed E-state index contributed by atoms with van der Waals surface area (Å²) in [6.45, 7) is 1.96. The van der Waals surface area contributed by atoms with Crippen LogP contribution in [0.1, 0.15) is 5.69 Å². The topological polar surface area (TPSA) is 43.6 Å². The number of aromatic nitrogens is 4. The van der Waals surface area contributed by atoms with Crippen LogP contribution in [0.5, 0.6) is 0 Å². The third kappa shape index (κ3) is 0.790. The van der Waals surface area contributed by atoms with E-state index in [1.807, 2.05) is 14.0 Å². The van der Waals surface area contributed by atoms with Gasteiger partial charge in [-0.3, -0.25) is 4.68 Å². The zero-order valence-electron chi connectivity index (χ0n) is 6.44. The summed E-state index contributed by atoms with van der Waals surface area (Å²) in [7, 11) is 1.90. The van der Waals surface area contributed by atoms with E-state index in [0.29, 0.717) is 0 Å². The molecule has 0 amide bonds. The van der Waals surface area contributed by atoms with Crippen LogP contribution in [-0.4, -0.2) is 20.0 Å². The van der Waals surface area contributed by atoms with Crippen LogP contribution in [0.15, 0.2) is 12.4 Å². The fraction of sp³-hybridized carbons (Fsp3) is 0.286. The van der Waals surface area contributed by atoms with Crippen molar-refractivity contribution < 1.29 is 0 Å². The minimum Gasteiger partial charge on any atom is -0.266 e. The van der Waals surface area contributed by atoms with E-state index in [0.717, 1.165) is 16.6 Å². The molecule has 4 heteroatoms. The van der Waals surface area contributed by atoms with Gasteiger partial charge in [0.05, 0.1) is 23.6 Å². The van der Waals surface area contributed by atoms with Gasteiger partial charge in [0, 0.05) is 12.4 Å². The van der Waals surface area contributed by atoms with Crippen molar-refractivity contribution in [2.45, 2.75) is 6.92 Å². The van der Waals surface area contributed by atoms with Gasteiger partial charge in [0.15, 0.2) is 0 Å². The number of hydrogen-bond acceptors (Lipinski definition) is 3. The van der Waals surface area contributed by atoms with E-state index in [1.54, 1.807) is 17.1 Å². The van der Waals surface area contributed by atoms with E-state index in [4.69, 9.17) is 0 Å². The quantitative estimate of drug-likeness (QED) is 0.551. The standard InChI is InChI=1S/C7H8N4/c1-5-6-3-8-9-4-7(6)11(2)10-5/h3-4H,1-2H3. The van der Waals surface area contributed by atoms with Crippen LogP contribution >= 0.6 is 0 Å². The first-order valence-electron chi connectivity index (χ1n) is 3.39. The maximum atomic E-state index is 4.23. The van der Waals surface area contributed by atoms with Crippen LogP contribution in [0.3, 0.4) is 0 Å². The summed E-state index contributed by atoms with van der Waals surface area (Å²) in [5, 5.41) is 12.9. The molecule has 56 valence electrons. The Morgan fingerprint density at radius 2 is 2.00 bits per heavy atom. The molecule has 0 fully saturated rings. The number of nitrogens with zero attached hydrogens (tertiary/aromatic N) is 4. The van der Waals surface area contributed by atoms with Crippen LogP contribution < -0.4 is 0 Å². The molecular formula is C7H8N4. The van der Waals surface area contributed by atoms with E-state index < -0.39 is 0 Å². The van der Waals surface area contributed by atoms with Crippen LogP contribution in [-0.2, 0) is 7.05 Å². The summed E-state index contributed by atoms with van der Waals surface area (Å²) in [6, 6.07) is 0. The second-order valence-electron chi connectivity index (χ2n) is 2.50. The van der Waals surface area contributed by atoms with E-state index in [2.05, 4.69) is 15.3 Å². The minimum absolute atomic E-state index is 0.998. The van der Waals surface area contributed by atoms with Crippen molar-refractivity contribution in [3.63, 3.8) is 0 Å². The summed E-state index contributed by atoms with van der Waals surface area (Å²) >= 11 is 0. The monoisotopic (exact) mass is 148 g/mol. The van der Waals surface area contributed by atoms with Gasteiger partial charge in [0.1, 0.15) is 0 Å². The van der Waals surface area contributed by atoms with Gasteiger partial charge in [-0.2, -0.15) is 15.3 Å². The van der Waals surface area contributed by atoms with Crippen LogP contribution in [0, 0.1) is 6.92 Å². The summed E-state index contributed by atoms with van der Waals surface area (Å²) in [5.74, 6) is 0. The number of rotatable bonds is 0. The lowest BCUT2D eigenvalue weighted by atomic mass is 10.3. The van der Waals surface area contributed by atoms with Gasteiger partial charge >= 0.3 is 0 Å². The maximum Gasteiger partial charge on any atom is 0.0899 e. The molecule has 0 spiro atoms. The molecule has 0 unspecified atom stereocenters. The van der Waals surface area contributed by atoms with E-state index in [9.17, 15) is 0 Å². The van der Waals surface area contributed by atoms with Crippen molar-refractivity contribution in [3.05, 3.63) is 18.1 Å². The Labute approximate surface area is 63.9 Å². The van der Waals surface area contributed by atoms with Gasteiger partial charge in [0.2, 0.25) is 0 Å². The second-order valence-corrected chi connectivity index (χ2v) is 2.50. The van der Waals surface area contributed by atoms with E-state index in [1.165, 1.54) is 0 Å². The maximum absolute atomic E-state index is 4.23. The Morgan fingerprint density at radius 3 is 2.73 bits per heavy atom. The molecule has 0 atom stereocenters. The predicted octanol–water partition coefficient (Wildman–Crippen LogP) is 0.672. The predicted molar refractivity (Wildman–Crippen MR) is 41.0 cm³/mol. The van der Waals surface area contributed by atoms with Gasteiger partial charge in [-0.15, -0.1) is 0 Å². The zero-order chi connectivity index (χ0) is 7.84. The largest absolute Gasteiger partial charge is 0.266 e. The number of hydrogen-bond donors (Lipinski definition) is 0. The first kappa shape index (κ1) is 6.27. The van der Waals surface area contributed by atoms with Crippen molar-refractivity contribution in [3.8, 4) is 0 Å². The fourth-order valence-corrected chi connectivity index (χ4v) is 1.18. The zero-order valence-corrected chi connectivity index (χ0v) is 6.44. The third-order valence-electron chi connectivity index (χ3n) is 1.75. The highest BCUT2D eigenvalue weighted by molar-refractivity contribution is 5.79. The van der Waals surface area contributed by atoms with Crippen molar-refractivity contribution in [2.24, 2.45) is 7.05 Å². The SMILES string of the molecule is Cc1nn(C)c2cnncc12. The van der Waals surface area contributed by atoms with Crippen LogP contribution in [0.4, 0.5) is 0 Å². The molecule has 2 aromatic rings. The molecule has 2 aromatic heterocycles. The Kier molecular flexibility index (Phi) is 1.15. The van der Waals surface area contributed by atoms with Crippen molar-refractivity contribution in [1.29, 1.82) is 0 Å². The molecule has 2 rings (SSSR count).